The number of ketones is 2. The quantitative estimate of drug-likeness (QED) is 0.0218. The average Bonchev–Trinajstić information content (AvgIpc) is 3.73. The van der Waals surface area contributed by atoms with Crippen LogP contribution in [0.15, 0.2) is 70.6 Å². The van der Waals surface area contributed by atoms with Crippen molar-refractivity contribution < 1.29 is 57.4 Å². The Kier molecular flexibility index (Phi) is 32.1. The lowest BCUT2D eigenvalue weighted by atomic mass is 9.87. The van der Waals surface area contributed by atoms with Gasteiger partial charge >= 0.3 is 0 Å². The third-order valence-corrected chi connectivity index (χ3v) is 15.3. The van der Waals surface area contributed by atoms with Gasteiger partial charge in [0.1, 0.15) is 24.2 Å². The molecule has 2 heterocycles. The maximum absolute atomic E-state index is 14.9. The molecular weight excluding hydrogens is 1130 g/mol. The molecule has 27 heteroatoms. The first kappa shape index (κ1) is 72.4. The van der Waals surface area contributed by atoms with Gasteiger partial charge in [0.15, 0.2) is 23.5 Å². The highest BCUT2D eigenvalue weighted by molar-refractivity contribution is 5.98. The topological polar surface area (TPSA) is 437 Å². The Morgan fingerprint density at radius 1 is 0.591 bits per heavy atom. The normalized spacial score (nSPS) is 16.7. The molecule has 2 aromatic rings. The fourth-order valence-electron chi connectivity index (χ4n) is 10.8. The standard InChI is InChI=1S/C61H95N15O12/c1-39(2)33-46(73-56(83)43(35-41-17-8-5-9-18-41)37-51(78)48-21-12-28-75(48)53(80)23-27-68-24-14-30-88-32-31-87-3)50(77)36-42(34-40-15-6-4-7-16-40)55(82)72-45(20-11-26-70-61(66)67)59(86)76-29-13-22-49(76)58(85)71-44(19-10-25-69-60(64)65)57(84)74-47(54(63)81)38-52(62)79/h4-9,15-18,39,42-49,68H,10-14,19-38H2,1-3H3,(H2,62,79)(H2,63,81)(H,71,85)(H,72,82)(H,73,83)(H,74,84)(H4,64,65,69)(H4,66,67,70)/t42-,43-,44+,45+,46+,47+,48+,49+/m1/s1. The molecule has 17 N–H and O–H groups in total. The van der Waals surface area contributed by atoms with Crippen LogP contribution in [0, 0.1) is 17.8 Å². The lowest BCUT2D eigenvalue weighted by Crippen LogP contribution is -2.58. The Balaban J connectivity index is 1.58. The number of Topliss-reactive ketones (excluding diaryl/α,β-unsaturated/α-hetero) is 2. The average molecular weight is 1230 g/mol. The second-order valence-electron chi connectivity index (χ2n) is 22.9. The van der Waals surface area contributed by atoms with Gasteiger partial charge in [0, 0.05) is 77.5 Å². The number of amides is 8. The predicted molar refractivity (Wildman–Crippen MR) is 331 cm³/mol. The third-order valence-electron chi connectivity index (χ3n) is 15.3. The summed E-state index contributed by atoms with van der Waals surface area (Å²) in [5.41, 5.74) is 34.4. The highest BCUT2D eigenvalue weighted by Gasteiger charge is 2.41. The molecule has 2 fully saturated rings. The maximum atomic E-state index is 14.9. The Bertz CT molecular complexity index is 2660. The minimum atomic E-state index is -1.49. The molecule has 4 rings (SSSR count). The van der Waals surface area contributed by atoms with Gasteiger partial charge in [0.05, 0.1) is 31.7 Å². The Labute approximate surface area is 515 Å². The van der Waals surface area contributed by atoms with Crippen molar-refractivity contribution in [2.45, 2.75) is 153 Å². The molecule has 0 aliphatic carbocycles. The van der Waals surface area contributed by atoms with E-state index in [1.165, 1.54) is 4.90 Å². The zero-order chi connectivity index (χ0) is 64.5. The summed E-state index contributed by atoms with van der Waals surface area (Å²) in [6, 6.07) is 11.2. The van der Waals surface area contributed by atoms with Gasteiger partial charge < -0.3 is 80.3 Å². The van der Waals surface area contributed by atoms with Crippen LogP contribution >= 0.6 is 0 Å². The van der Waals surface area contributed by atoms with E-state index in [2.05, 4.69) is 36.6 Å². The van der Waals surface area contributed by atoms with Gasteiger partial charge in [-0.25, -0.2) is 0 Å². The van der Waals surface area contributed by atoms with Crippen molar-refractivity contribution in [3.05, 3.63) is 71.8 Å². The minimum absolute atomic E-state index is 0.00750. The molecule has 27 nitrogen and oxygen atoms in total. The number of hydrogen-bond acceptors (Lipinski definition) is 15. The van der Waals surface area contributed by atoms with Crippen LogP contribution in [0.2, 0.25) is 0 Å². The van der Waals surface area contributed by atoms with Crippen LogP contribution in [0.3, 0.4) is 0 Å². The zero-order valence-electron chi connectivity index (χ0n) is 51.3. The molecule has 2 saturated heterocycles. The van der Waals surface area contributed by atoms with Crippen molar-refractivity contribution in [3.8, 4) is 0 Å². The number of nitrogens with zero attached hydrogens (tertiary/aromatic N) is 4. The van der Waals surface area contributed by atoms with Crippen LogP contribution in [0.25, 0.3) is 0 Å². The van der Waals surface area contributed by atoms with Gasteiger partial charge in [-0.1, -0.05) is 74.5 Å². The van der Waals surface area contributed by atoms with E-state index in [1.54, 1.807) is 42.3 Å². The van der Waals surface area contributed by atoms with Gasteiger partial charge in [0.25, 0.3) is 0 Å². The Morgan fingerprint density at radius 2 is 1.14 bits per heavy atom. The van der Waals surface area contributed by atoms with Gasteiger partial charge in [-0.3, -0.25) is 57.9 Å². The number of rotatable bonds is 42. The molecule has 0 radical (unpaired) electrons. The third kappa shape index (κ3) is 26.1. The summed E-state index contributed by atoms with van der Waals surface area (Å²) in [4.78, 5) is 150. The Morgan fingerprint density at radius 3 is 1.69 bits per heavy atom. The highest BCUT2D eigenvalue weighted by atomic mass is 16.5. The molecule has 8 atom stereocenters. The number of primary amides is 2. The van der Waals surface area contributed by atoms with Gasteiger partial charge in [0.2, 0.25) is 47.3 Å². The van der Waals surface area contributed by atoms with Crippen molar-refractivity contribution in [3.63, 3.8) is 0 Å². The lowest BCUT2D eigenvalue weighted by Gasteiger charge is -2.31. The van der Waals surface area contributed by atoms with Gasteiger partial charge in [-0.15, -0.1) is 0 Å². The number of carbonyl (C=O) groups excluding carboxylic acids is 10. The number of likely N-dealkylation sites (tertiary alicyclic amines) is 2. The van der Waals surface area contributed by atoms with E-state index < -0.39 is 102 Å². The van der Waals surface area contributed by atoms with E-state index in [1.807, 2.05) is 44.2 Å². The number of nitrogens with two attached hydrogens (primary N) is 6. The van der Waals surface area contributed by atoms with Crippen molar-refractivity contribution >= 4 is 70.7 Å². The largest absolute Gasteiger partial charge is 0.382 e. The number of hydrogen-bond donors (Lipinski definition) is 11. The molecule has 0 unspecified atom stereocenters. The maximum Gasteiger partial charge on any atom is 0.245 e. The summed E-state index contributed by atoms with van der Waals surface area (Å²) in [5, 5.41) is 14.2. The first-order valence-corrected chi connectivity index (χ1v) is 30.5. The van der Waals surface area contributed by atoms with Crippen molar-refractivity contribution in [1.82, 2.24) is 36.4 Å². The summed E-state index contributed by atoms with van der Waals surface area (Å²) in [5.74, 6) is -8.78. The molecule has 486 valence electrons. The molecule has 0 saturated carbocycles. The fraction of sp³-hybridized carbons (Fsp3) is 0.607. The summed E-state index contributed by atoms with van der Waals surface area (Å²) in [6.07, 6.45) is 2.13. The number of carbonyl (C=O) groups is 10. The van der Waals surface area contributed by atoms with Crippen molar-refractivity contribution in [2.24, 2.45) is 62.1 Å². The van der Waals surface area contributed by atoms with E-state index in [-0.39, 0.29) is 120 Å². The predicted octanol–water partition coefficient (Wildman–Crippen LogP) is -0.909. The molecule has 2 aliphatic rings. The van der Waals surface area contributed by atoms with E-state index in [0.29, 0.717) is 64.3 Å². The van der Waals surface area contributed by atoms with Crippen LogP contribution in [0.5, 0.6) is 0 Å². The van der Waals surface area contributed by atoms with E-state index in [0.717, 1.165) is 12.0 Å². The number of methoxy groups -OCH3 is 1. The monoisotopic (exact) mass is 1230 g/mol. The molecule has 0 spiro atoms. The summed E-state index contributed by atoms with van der Waals surface area (Å²) in [7, 11) is 1.61. The second kappa shape index (κ2) is 39.0. The summed E-state index contributed by atoms with van der Waals surface area (Å²) < 4.78 is 10.5. The zero-order valence-corrected chi connectivity index (χ0v) is 51.3. The van der Waals surface area contributed by atoms with Gasteiger partial charge in [-0.05, 0) is 101 Å². The van der Waals surface area contributed by atoms with E-state index >= 15 is 0 Å². The molecule has 0 aromatic heterocycles. The molecule has 2 aromatic carbocycles. The molecule has 88 heavy (non-hydrogen) atoms. The first-order valence-electron chi connectivity index (χ1n) is 30.5. The van der Waals surface area contributed by atoms with Crippen LogP contribution in [0.4, 0.5) is 0 Å². The number of nitrogens with one attached hydrogen (secondary N) is 5. The molecule has 0 bridgehead atoms. The van der Waals surface area contributed by atoms with Crippen molar-refractivity contribution in [2.75, 3.05) is 66.2 Å². The smallest absolute Gasteiger partial charge is 0.245 e. The summed E-state index contributed by atoms with van der Waals surface area (Å²) in [6.45, 7) is 7.08. The minimum Gasteiger partial charge on any atom is -0.382 e. The molecular formula is C61H95N15O12. The van der Waals surface area contributed by atoms with Crippen LogP contribution < -0.4 is 61.0 Å². The Hall–Kier alpha value is -8.04. The molecule has 8 amide bonds. The van der Waals surface area contributed by atoms with E-state index in [9.17, 15) is 47.9 Å². The highest BCUT2D eigenvalue weighted by Crippen LogP contribution is 2.26. The number of aliphatic imine (C=N–C) groups is 2. The first-order chi connectivity index (χ1) is 42.1. The second-order valence-corrected chi connectivity index (χ2v) is 22.9. The van der Waals surface area contributed by atoms with Crippen molar-refractivity contribution in [1.29, 1.82) is 0 Å². The fourth-order valence-corrected chi connectivity index (χ4v) is 10.8. The van der Waals surface area contributed by atoms with Crippen LogP contribution in [-0.2, 0) is 70.3 Å². The van der Waals surface area contributed by atoms with Crippen LogP contribution in [-0.4, -0.2) is 183 Å². The number of benzene rings is 2. The number of guanidine groups is 2. The number of ether oxygens (including phenoxy) is 2. The molecule has 2 aliphatic heterocycles. The van der Waals surface area contributed by atoms with Crippen LogP contribution in [0.1, 0.15) is 115 Å². The summed E-state index contributed by atoms with van der Waals surface area (Å²) >= 11 is 0. The van der Waals surface area contributed by atoms with Gasteiger partial charge in [-0.2, -0.15) is 0 Å². The SMILES string of the molecule is COCCOCCCNCCC(=O)N1CCC[C@H]1C(=O)C[C@@H](Cc1ccccc1)C(=O)N[C@@H](CC(C)C)C(=O)C[C@@H](Cc1ccccc1)C(=O)N[C@@H](CCCN=C(N)N)C(=O)N1CCC[C@H]1C(=O)N[C@@H](CCCN=C(N)N)C(=O)N[C@@H](CC(N)=O)C(N)=O. The lowest BCUT2D eigenvalue weighted by molar-refractivity contribution is -0.143. The van der Waals surface area contributed by atoms with E-state index in [4.69, 9.17) is 43.9 Å².